The highest BCUT2D eigenvalue weighted by molar-refractivity contribution is 6.06. The topological polar surface area (TPSA) is 86.1 Å². The van der Waals surface area contributed by atoms with E-state index >= 15 is 0 Å². The summed E-state index contributed by atoms with van der Waals surface area (Å²) in [6.45, 7) is 0.707. The number of rotatable bonds is 3. The van der Waals surface area contributed by atoms with Crippen LogP contribution in [0.15, 0.2) is 41.3 Å². The van der Waals surface area contributed by atoms with Crippen molar-refractivity contribution < 1.29 is 9.53 Å². The Morgan fingerprint density at radius 2 is 2.04 bits per heavy atom. The van der Waals surface area contributed by atoms with E-state index in [2.05, 4.69) is 10.3 Å². The van der Waals surface area contributed by atoms with Gasteiger partial charge in [0.1, 0.15) is 5.82 Å². The number of ether oxygens (including phenoxy) is 1. The van der Waals surface area contributed by atoms with Crippen molar-refractivity contribution in [2.45, 2.75) is 38.6 Å². The van der Waals surface area contributed by atoms with Gasteiger partial charge in [0.2, 0.25) is 0 Å². The molecule has 28 heavy (non-hydrogen) atoms. The molecule has 7 nitrogen and oxygen atoms in total. The molecule has 0 radical (unpaired) electrons. The largest absolute Gasteiger partial charge is 0.493 e. The highest BCUT2D eigenvalue weighted by Crippen LogP contribution is 2.22. The van der Waals surface area contributed by atoms with E-state index < -0.39 is 0 Å². The lowest BCUT2D eigenvalue weighted by atomic mass is 10.1. The third kappa shape index (κ3) is 3.47. The zero-order chi connectivity index (χ0) is 19.5. The number of pyridine rings is 1. The van der Waals surface area contributed by atoms with Crippen LogP contribution in [0.5, 0.6) is 5.75 Å². The van der Waals surface area contributed by atoms with Crippen molar-refractivity contribution >= 4 is 22.6 Å². The maximum absolute atomic E-state index is 12.9. The molecule has 1 aliphatic rings. The summed E-state index contributed by atoms with van der Waals surface area (Å²) >= 11 is 0. The van der Waals surface area contributed by atoms with Gasteiger partial charge in [-0.15, -0.1) is 0 Å². The first kappa shape index (κ1) is 18.2. The monoisotopic (exact) mass is 378 g/mol. The van der Waals surface area contributed by atoms with Crippen molar-refractivity contribution in [3.05, 3.63) is 58.3 Å². The van der Waals surface area contributed by atoms with Crippen LogP contribution in [0.3, 0.4) is 0 Å². The van der Waals surface area contributed by atoms with Crippen molar-refractivity contribution in [3.8, 4) is 5.75 Å². The Hall–Kier alpha value is -3.22. The van der Waals surface area contributed by atoms with Crippen LogP contribution >= 0.6 is 0 Å². The molecule has 0 atom stereocenters. The van der Waals surface area contributed by atoms with Crippen LogP contribution in [0, 0.1) is 0 Å². The van der Waals surface area contributed by atoms with Gasteiger partial charge in [-0.25, -0.2) is 9.97 Å². The second-order valence-electron chi connectivity index (χ2n) is 6.89. The van der Waals surface area contributed by atoms with E-state index in [9.17, 15) is 9.59 Å². The molecule has 1 N–H and O–H groups in total. The molecule has 1 aliphatic heterocycles. The summed E-state index contributed by atoms with van der Waals surface area (Å²) in [5.74, 6) is 1.31. The molecule has 0 fully saturated rings. The molecule has 1 aromatic carbocycles. The average molecular weight is 378 g/mol. The van der Waals surface area contributed by atoms with Gasteiger partial charge >= 0.3 is 0 Å². The third-order valence-electron chi connectivity index (χ3n) is 5.05. The number of carbonyl (C=O) groups is 1. The number of hydrogen-bond donors (Lipinski definition) is 1. The number of benzene rings is 1. The van der Waals surface area contributed by atoms with E-state index in [1.807, 2.05) is 0 Å². The summed E-state index contributed by atoms with van der Waals surface area (Å²) < 4.78 is 7.01. The van der Waals surface area contributed by atoms with Gasteiger partial charge in [-0.2, -0.15) is 0 Å². The molecule has 0 saturated heterocycles. The van der Waals surface area contributed by atoms with Crippen LogP contribution < -0.4 is 15.6 Å². The van der Waals surface area contributed by atoms with E-state index in [1.165, 1.54) is 7.11 Å². The number of nitrogens with zero attached hydrogens (tertiary/aromatic N) is 3. The molecule has 4 rings (SSSR count). The van der Waals surface area contributed by atoms with Gasteiger partial charge in [0, 0.05) is 24.7 Å². The number of aryl methyl sites for hydroxylation is 1. The van der Waals surface area contributed by atoms with Crippen LogP contribution in [0.25, 0.3) is 10.9 Å². The van der Waals surface area contributed by atoms with Gasteiger partial charge in [0.15, 0.2) is 11.6 Å². The lowest BCUT2D eigenvalue weighted by Gasteiger charge is -2.16. The number of nitrogens with one attached hydrogen (secondary N) is 1. The Morgan fingerprint density at radius 3 is 2.89 bits per heavy atom. The van der Waals surface area contributed by atoms with Gasteiger partial charge in [-0.1, -0.05) is 12.8 Å². The van der Waals surface area contributed by atoms with Crippen molar-refractivity contribution in [2.75, 3.05) is 12.4 Å². The standard InChI is InChI=1S/C21H22N4O3/c1-28-17-7-6-11-22-19(17)24-20(26)14-9-10-15-16(13-14)23-18-8-4-2-3-5-12-25(18)21(15)27/h6-7,9-11,13H,2-5,8,12H2,1H3,(H,22,24,26). The minimum absolute atomic E-state index is 0.0275. The summed E-state index contributed by atoms with van der Waals surface area (Å²) in [5.41, 5.74) is 0.945. The highest BCUT2D eigenvalue weighted by Gasteiger charge is 2.16. The predicted octanol–water partition coefficient (Wildman–Crippen LogP) is 3.17. The number of anilines is 1. The third-order valence-corrected chi connectivity index (χ3v) is 5.05. The number of aromatic nitrogens is 3. The molecule has 0 bridgehead atoms. The lowest BCUT2D eigenvalue weighted by Crippen LogP contribution is -2.26. The van der Waals surface area contributed by atoms with Crippen LogP contribution in [0.1, 0.15) is 41.9 Å². The minimum atomic E-state index is -0.326. The zero-order valence-electron chi connectivity index (χ0n) is 15.8. The van der Waals surface area contributed by atoms with Crippen LogP contribution in [0.2, 0.25) is 0 Å². The Labute approximate surface area is 162 Å². The first-order valence-electron chi connectivity index (χ1n) is 9.51. The molecule has 3 heterocycles. The maximum Gasteiger partial charge on any atom is 0.261 e. The van der Waals surface area contributed by atoms with Gasteiger partial charge < -0.3 is 10.1 Å². The number of amides is 1. The number of carbonyl (C=O) groups excluding carboxylic acids is 1. The summed E-state index contributed by atoms with van der Waals surface area (Å²) in [6.07, 6.45) is 6.68. The van der Waals surface area contributed by atoms with Crippen molar-refractivity contribution in [1.82, 2.24) is 14.5 Å². The average Bonchev–Trinajstić information content (AvgIpc) is 2.69. The van der Waals surface area contributed by atoms with Gasteiger partial charge in [-0.05, 0) is 43.2 Å². The summed E-state index contributed by atoms with van der Waals surface area (Å²) in [4.78, 5) is 34.4. The van der Waals surface area contributed by atoms with Crippen LogP contribution in [0.4, 0.5) is 5.82 Å². The Morgan fingerprint density at radius 1 is 1.18 bits per heavy atom. The predicted molar refractivity (Wildman–Crippen MR) is 107 cm³/mol. The Kier molecular flexibility index (Phi) is 5.06. The Balaban J connectivity index is 1.70. The van der Waals surface area contributed by atoms with E-state index in [1.54, 1.807) is 41.1 Å². The zero-order valence-corrected chi connectivity index (χ0v) is 15.8. The van der Waals surface area contributed by atoms with Crippen molar-refractivity contribution in [2.24, 2.45) is 0 Å². The van der Waals surface area contributed by atoms with E-state index in [4.69, 9.17) is 9.72 Å². The lowest BCUT2D eigenvalue weighted by molar-refractivity contribution is 0.102. The highest BCUT2D eigenvalue weighted by atomic mass is 16.5. The molecule has 1 amide bonds. The number of methoxy groups -OCH3 is 1. The van der Waals surface area contributed by atoms with Crippen molar-refractivity contribution in [1.29, 1.82) is 0 Å². The van der Waals surface area contributed by atoms with E-state index in [0.29, 0.717) is 34.6 Å². The normalized spacial score (nSPS) is 14.0. The molecule has 3 aromatic rings. The SMILES string of the molecule is COc1cccnc1NC(=O)c1ccc2c(=O)n3c(nc2c1)CCCCCC3. The summed E-state index contributed by atoms with van der Waals surface area (Å²) in [6, 6.07) is 8.45. The van der Waals surface area contributed by atoms with Crippen molar-refractivity contribution in [3.63, 3.8) is 0 Å². The molecule has 0 spiro atoms. The fourth-order valence-electron chi connectivity index (χ4n) is 3.57. The quantitative estimate of drug-likeness (QED) is 0.756. The first-order chi connectivity index (χ1) is 13.7. The minimum Gasteiger partial charge on any atom is -0.493 e. The van der Waals surface area contributed by atoms with Crippen LogP contribution in [-0.2, 0) is 13.0 Å². The summed E-state index contributed by atoms with van der Waals surface area (Å²) in [7, 11) is 1.52. The van der Waals surface area contributed by atoms with Gasteiger partial charge in [0.05, 0.1) is 18.0 Å². The molecular weight excluding hydrogens is 356 g/mol. The second kappa shape index (κ2) is 7.80. The van der Waals surface area contributed by atoms with Gasteiger partial charge in [0.25, 0.3) is 11.5 Å². The van der Waals surface area contributed by atoms with E-state index in [-0.39, 0.29) is 11.5 Å². The maximum atomic E-state index is 12.9. The fourth-order valence-corrected chi connectivity index (χ4v) is 3.57. The molecule has 0 unspecified atom stereocenters. The molecule has 0 saturated carbocycles. The molecule has 144 valence electrons. The van der Waals surface area contributed by atoms with Crippen LogP contribution in [-0.4, -0.2) is 27.6 Å². The smallest absolute Gasteiger partial charge is 0.261 e. The van der Waals surface area contributed by atoms with E-state index in [0.717, 1.165) is 37.9 Å². The second-order valence-corrected chi connectivity index (χ2v) is 6.89. The number of hydrogen-bond acceptors (Lipinski definition) is 5. The first-order valence-corrected chi connectivity index (χ1v) is 9.51. The fraction of sp³-hybridized carbons (Fsp3) is 0.333. The molecule has 2 aromatic heterocycles. The molecular formula is C21H22N4O3. The molecule has 0 aliphatic carbocycles. The number of fused-ring (bicyclic) bond motifs is 2. The van der Waals surface area contributed by atoms with Gasteiger partial charge in [-0.3, -0.25) is 14.2 Å². The molecule has 7 heteroatoms. The summed E-state index contributed by atoms with van der Waals surface area (Å²) in [5, 5.41) is 3.29. The Bertz CT molecular complexity index is 1090.